The van der Waals surface area contributed by atoms with Crippen molar-refractivity contribution in [3.8, 4) is 0 Å². The first-order valence-electron chi connectivity index (χ1n) is 5.46. The molecule has 1 aromatic carbocycles. The summed E-state index contributed by atoms with van der Waals surface area (Å²) in [4.78, 5) is 15.6. The van der Waals surface area contributed by atoms with E-state index in [0.717, 1.165) is 18.2 Å². The standard InChI is InChI=1S/C13H8ClF3N2O/c14-10-6-9(13(15,16)17)3-4-11(10)19-12(20)8-2-1-5-18-7-8/h1-7H,(H,19,20). The van der Waals surface area contributed by atoms with Crippen molar-refractivity contribution in [3.63, 3.8) is 0 Å². The number of alkyl halides is 3. The molecule has 7 heteroatoms. The van der Waals surface area contributed by atoms with Gasteiger partial charge in [-0.15, -0.1) is 0 Å². The van der Waals surface area contributed by atoms with Crippen molar-refractivity contribution >= 4 is 23.2 Å². The van der Waals surface area contributed by atoms with Gasteiger partial charge in [-0.25, -0.2) is 0 Å². The van der Waals surface area contributed by atoms with Gasteiger partial charge in [0.25, 0.3) is 5.91 Å². The monoisotopic (exact) mass is 300 g/mol. The normalized spacial score (nSPS) is 11.2. The number of aromatic nitrogens is 1. The molecule has 0 aliphatic carbocycles. The molecule has 0 spiro atoms. The summed E-state index contributed by atoms with van der Waals surface area (Å²) in [6.45, 7) is 0. The van der Waals surface area contributed by atoms with Gasteiger partial charge in [0.05, 0.1) is 21.8 Å². The molecule has 0 unspecified atom stereocenters. The third-order valence-electron chi connectivity index (χ3n) is 2.47. The fourth-order valence-corrected chi connectivity index (χ4v) is 1.71. The molecule has 20 heavy (non-hydrogen) atoms. The largest absolute Gasteiger partial charge is 0.416 e. The number of benzene rings is 1. The lowest BCUT2D eigenvalue weighted by molar-refractivity contribution is -0.137. The molecule has 1 N–H and O–H groups in total. The Morgan fingerprint density at radius 2 is 2.00 bits per heavy atom. The van der Waals surface area contributed by atoms with Crippen LogP contribution in [0.1, 0.15) is 15.9 Å². The van der Waals surface area contributed by atoms with Crippen LogP contribution in [-0.2, 0) is 6.18 Å². The molecule has 0 aliphatic rings. The van der Waals surface area contributed by atoms with Crippen LogP contribution in [0.5, 0.6) is 0 Å². The van der Waals surface area contributed by atoms with Crippen LogP contribution in [0, 0.1) is 0 Å². The third kappa shape index (κ3) is 3.27. The zero-order chi connectivity index (χ0) is 14.8. The molecule has 0 atom stereocenters. The van der Waals surface area contributed by atoms with Crippen LogP contribution in [0.15, 0.2) is 42.7 Å². The van der Waals surface area contributed by atoms with Gasteiger partial charge in [0.1, 0.15) is 0 Å². The Morgan fingerprint density at radius 1 is 1.25 bits per heavy atom. The van der Waals surface area contributed by atoms with Gasteiger partial charge >= 0.3 is 6.18 Å². The van der Waals surface area contributed by atoms with Crippen LogP contribution in [0.4, 0.5) is 18.9 Å². The molecule has 2 aromatic rings. The highest BCUT2D eigenvalue weighted by Crippen LogP contribution is 2.33. The first-order chi connectivity index (χ1) is 9.38. The second-order valence-electron chi connectivity index (χ2n) is 3.89. The number of nitrogens with zero attached hydrogens (tertiary/aromatic N) is 1. The molecule has 3 nitrogen and oxygen atoms in total. The van der Waals surface area contributed by atoms with Gasteiger partial charge in [0.2, 0.25) is 0 Å². The van der Waals surface area contributed by atoms with Gasteiger partial charge < -0.3 is 5.32 Å². The fourth-order valence-electron chi connectivity index (χ4n) is 1.48. The minimum Gasteiger partial charge on any atom is -0.321 e. The molecule has 1 heterocycles. The fraction of sp³-hybridized carbons (Fsp3) is 0.0769. The van der Waals surface area contributed by atoms with Crippen molar-refractivity contribution in [2.45, 2.75) is 6.18 Å². The van der Waals surface area contributed by atoms with E-state index in [2.05, 4.69) is 10.3 Å². The number of halogens is 4. The van der Waals surface area contributed by atoms with Crippen molar-refractivity contribution in [3.05, 3.63) is 58.9 Å². The molecule has 1 aromatic heterocycles. The van der Waals surface area contributed by atoms with E-state index in [9.17, 15) is 18.0 Å². The molecule has 1 amide bonds. The smallest absolute Gasteiger partial charge is 0.321 e. The number of nitrogens with one attached hydrogen (secondary N) is 1. The van der Waals surface area contributed by atoms with E-state index >= 15 is 0 Å². The summed E-state index contributed by atoms with van der Waals surface area (Å²) in [5.74, 6) is -0.500. The number of amides is 1. The number of anilines is 1. The van der Waals surface area contributed by atoms with Crippen LogP contribution in [0.25, 0.3) is 0 Å². The van der Waals surface area contributed by atoms with Crippen LogP contribution in [-0.4, -0.2) is 10.9 Å². The zero-order valence-corrected chi connectivity index (χ0v) is 10.7. The number of pyridine rings is 1. The molecular weight excluding hydrogens is 293 g/mol. The molecular formula is C13H8ClF3N2O. The summed E-state index contributed by atoms with van der Waals surface area (Å²) in [5.41, 5.74) is -0.487. The molecule has 0 fully saturated rings. The van der Waals surface area contributed by atoms with E-state index in [4.69, 9.17) is 11.6 Å². The van der Waals surface area contributed by atoms with E-state index in [1.54, 1.807) is 6.07 Å². The minimum atomic E-state index is -4.48. The molecule has 2 rings (SSSR count). The van der Waals surface area contributed by atoms with Gasteiger partial charge in [0, 0.05) is 12.4 Å². The topological polar surface area (TPSA) is 42.0 Å². The maximum absolute atomic E-state index is 12.5. The third-order valence-corrected chi connectivity index (χ3v) is 2.78. The molecule has 0 saturated carbocycles. The van der Waals surface area contributed by atoms with Crippen LogP contribution < -0.4 is 5.32 Å². The Bertz CT molecular complexity index is 629. The highest BCUT2D eigenvalue weighted by Gasteiger charge is 2.31. The molecule has 104 valence electrons. The van der Waals surface area contributed by atoms with Gasteiger partial charge in [-0.05, 0) is 30.3 Å². The van der Waals surface area contributed by atoms with Crippen molar-refractivity contribution in [2.24, 2.45) is 0 Å². The summed E-state index contributed by atoms with van der Waals surface area (Å²) < 4.78 is 37.4. The highest BCUT2D eigenvalue weighted by molar-refractivity contribution is 6.34. The van der Waals surface area contributed by atoms with Gasteiger partial charge in [0.15, 0.2) is 0 Å². The second-order valence-corrected chi connectivity index (χ2v) is 4.30. The van der Waals surface area contributed by atoms with Crippen LogP contribution in [0.3, 0.4) is 0 Å². The molecule has 0 bridgehead atoms. The number of carbonyl (C=O) groups is 1. The Balaban J connectivity index is 2.21. The van der Waals surface area contributed by atoms with Gasteiger partial charge in [-0.2, -0.15) is 13.2 Å². The van der Waals surface area contributed by atoms with E-state index < -0.39 is 17.6 Å². The van der Waals surface area contributed by atoms with E-state index in [0.29, 0.717) is 0 Å². The van der Waals surface area contributed by atoms with Crippen molar-refractivity contribution in [2.75, 3.05) is 5.32 Å². The van der Waals surface area contributed by atoms with Crippen molar-refractivity contribution in [1.82, 2.24) is 4.98 Å². The molecule has 0 aliphatic heterocycles. The lowest BCUT2D eigenvalue weighted by atomic mass is 10.2. The predicted molar refractivity (Wildman–Crippen MR) is 68.6 cm³/mol. The lowest BCUT2D eigenvalue weighted by Gasteiger charge is -2.11. The Kier molecular flexibility index (Phi) is 3.94. The summed E-state index contributed by atoms with van der Waals surface area (Å²) >= 11 is 5.74. The SMILES string of the molecule is O=C(Nc1ccc(C(F)(F)F)cc1Cl)c1cccnc1. The quantitative estimate of drug-likeness (QED) is 0.910. The summed E-state index contributed by atoms with van der Waals surface area (Å²) in [6, 6.07) is 5.83. The number of hydrogen-bond donors (Lipinski definition) is 1. The van der Waals surface area contributed by atoms with Crippen molar-refractivity contribution in [1.29, 1.82) is 0 Å². The van der Waals surface area contributed by atoms with Gasteiger partial charge in [-0.3, -0.25) is 9.78 Å². The second kappa shape index (κ2) is 5.50. The maximum atomic E-state index is 12.5. The Morgan fingerprint density at radius 3 is 2.55 bits per heavy atom. The number of hydrogen-bond acceptors (Lipinski definition) is 2. The van der Waals surface area contributed by atoms with E-state index in [1.807, 2.05) is 0 Å². The minimum absolute atomic E-state index is 0.105. The van der Waals surface area contributed by atoms with Crippen LogP contribution in [0.2, 0.25) is 5.02 Å². The predicted octanol–water partition coefficient (Wildman–Crippen LogP) is 4.01. The van der Waals surface area contributed by atoms with E-state index in [-0.39, 0.29) is 16.3 Å². The number of carbonyl (C=O) groups excluding carboxylic acids is 1. The molecule has 0 saturated heterocycles. The first-order valence-corrected chi connectivity index (χ1v) is 5.84. The van der Waals surface area contributed by atoms with Gasteiger partial charge in [-0.1, -0.05) is 11.6 Å². The zero-order valence-electron chi connectivity index (χ0n) is 9.91. The first kappa shape index (κ1) is 14.3. The Hall–Kier alpha value is -2.08. The average Bonchev–Trinajstić information content (AvgIpc) is 2.41. The summed E-state index contributed by atoms with van der Waals surface area (Å²) in [6.07, 6.45) is -1.63. The van der Waals surface area contributed by atoms with Crippen LogP contribution >= 0.6 is 11.6 Å². The number of rotatable bonds is 2. The molecule has 0 radical (unpaired) electrons. The Labute approximate surface area is 117 Å². The summed E-state index contributed by atoms with van der Waals surface area (Å²) in [7, 11) is 0. The maximum Gasteiger partial charge on any atom is 0.416 e. The van der Waals surface area contributed by atoms with E-state index in [1.165, 1.54) is 18.5 Å². The highest BCUT2D eigenvalue weighted by atomic mass is 35.5. The lowest BCUT2D eigenvalue weighted by Crippen LogP contribution is -2.13. The average molecular weight is 301 g/mol. The summed E-state index contributed by atoms with van der Waals surface area (Å²) in [5, 5.41) is 2.24. The van der Waals surface area contributed by atoms with Crippen molar-refractivity contribution < 1.29 is 18.0 Å².